The van der Waals surface area contributed by atoms with E-state index in [9.17, 15) is 10.1 Å². The monoisotopic (exact) mass is 299 g/mol. The highest BCUT2D eigenvalue weighted by Crippen LogP contribution is 2.38. The topological polar surface area (TPSA) is 79.8 Å². The van der Waals surface area contributed by atoms with Crippen molar-refractivity contribution < 1.29 is 10.0 Å². The molecule has 2 N–H and O–H groups in total. The van der Waals surface area contributed by atoms with Gasteiger partial charge in [-0.2, -0.15) is 0 Å². The van der Waals surface area contributed by atoms with E-state index >= 15 is 0 Å². The third-order valence-electron chi connectivity index (χ3n) is 2.01. The number of aliphatic hydroxyl groups excluding tert-OH is 1. The Morgan fingerprint density at radius 1 is 1.59 bits per heavy atom. The molecule has 0 atom stereocenters. The lowest BCUT2D eigenvalue weighted by molar-refractivity contribution is -0.382. The Morgan fingerprint density at radius 3 is 2.82 bits per heavy atom. The second-order valence-electron chi connectivity index (χ2n) is 3.19. The van der Waals surface area contributed by atoms with Gasteiger partial charge in [0.15, 0.2) is 0 Å². The quantitative estimate of drug-likeness (QED) is 0.379. The summed E-state index contributed by atoms with van der Waals surface area (Å²) >= 11 is 3.19. The molecule has 0 amide bonds. The first-order valence-electron chi connectivity index (χ1n) is 4.80. The van der Waals surface area contributed by atoms with Gasteiger partial charge in [-0.25, -0.2) is 4.85 Å². The summed E-state index contributed by atoms with van der Waals surface area (Å²) in [6, 6.07) is 2.95. The summed E-state index contributed by atoms with van der Waals surface area (Å²) in [5.41, 5.74) is 0.0286. The summed E-state index contributed by atoms with van der Waals surface area (Å²) in [6.45, 7) is 7.33. The molecule has 0 aliphatic heterocycles. The number of halogens is 1. The summed E-state index contributed by atoms with van der Waals surface area (Å²) in [7, 11) is 0. The molecule has 0 saturated heterocycles. The average molecular weight is 300 g/mol. The van der Waals surface area contributed by atoms with E-state index in [0.29, 0.717) is 17.4 Å². The number of nitrogens with one attached hydrogen (secondary N) is 1. The van der Waals surface area contributed by atoms with Gasteiger partial charge in [0.1, 0.15) is 5.69 Å². The van der Waals surface area contributed by atoms with Crippen molar-refractivity contribution in [2.45, 2.75) is 6.42 Å². The third kappa shape index (κ3) is 3.41. The summed E-state index contributed by atoms with van der Waals surface area (Å²) in [5.74, 6) is 0. The van der Waals surface area contributed by atoms with Crippen molar-refractivity contribution in [1.82, 2.24) is 0 Å². The van der Waals surface area contributed by atoms with Crippen LogP contribution in [0.4, 0.5) is 17.1 Å². The van der Waals surface area contributed by atoms with Gasteiger partial charge in [0.05, 0.1) is 11.5 Å². The number of nitrogens with zero attached hydrogens (tertiary/aromatic N) is 2. The van der Waals surface area contributed by atoms with E-state index in [-0.39, 0.29) is 23.7 Å². The van der Waals surface area contributed by atoms with E-state index in [0.717, 1.165) is 0 Å². The Morgan fingerprint density at radius 2 is 2.29 bits per heavy atom. The van der Waals surface area contributed by atoms with E-state index in [2.05, 4.69) is 26.1 Å². The van der Waals surface area contributed by atoms with Crippen LogP contribution in [0.1, 0.15) is 6.42 Å². The Balaban J connectivity index is 3.13. The van der Waals surface area contributed by atoms with Gasteiger partial charge in [-0.05, 0) is 18.6 Å². The van der Waals surface area contributed by atoms with E-state index in [1.54, 1.807) is 6.07 Å². The largest absolute Gasteiger partial charge is 0.396 e. The molecule has 1 aromatic carbocycles. The summed E-state index contributed by atoms with van der Waals surface area (Å²) in [5, 5.41) is 22.4. The first kappa shape index (κ1) is 13.4. The second-order valence-corrected chi connectivity index (χ2v) is 4.11. The molecule has 1 rings (SSSR count). The van der Waals surface area contributed by atoms with Crippen LogP contribution in [0.2, 0.25) is 0 Å². The molecule has 0 aliphatic carbocycles. The molecular formula is C10H10BrN3O3. The van der Waals surface area contributed by atoms with E-state index in [4.69, 9.17) is 11.7 Å². The van der Waals surface area contributed by atoms with Gasteiger partial charge in [0, 0.05) is 17.6 Å². The molecule has 0 heterocycles. The van der Waals surface area contributed by atoms with E-state index in [1.165, 1.54) is 6.07 Å². The van der Waals surface area contributed by atoms with Crippen molar-refractivity contribution in [3.05, 3.63) is 38.1 Å². The van der Waals surface area contributed by atoms with Crippen LogP contribution in [0.3, 0.4) is 0 Å². The van der Waals surface area contributed by atoms with E-state index in [1.807, 2.05) is 0 Å². The summed E-state index contributed by atoms with van der Waals surface area (Å²) in [4.78, 5) is 13.5. The fourth-order valence-electron chi connectivity index (χ4n) is 1.30. The minimum atomic E-state index is -0.582. The Hall–Kier alpha value is -1.65. The van der Waals surface area contributed by atoms with Crippen LogP contribution in [-0.4, -0.2) is 23.2 Å². The van der Waals surface area contributed by atoms with E-state index < -0.39 is 4.92 Å². The molecule has 0 aromatic heterocycles. The normalized spacial score (nSPS) is 9.71. The van der Waals surface area contributed by atoms with Crippen molar-refractivity contribution in [1.29, 1.82) is 0 Å². The number of nitro groups is 1. The molecule has 17 heavy (non-hydrogen) atoms. The SMILES string of the molecule is [C-]#[N+]c1cc(Br)cc(NCCCO)c1[N+](=O)[O-]. The number of benzene rings is 1. The highest BCUT2D eigenvalue weighted by atomic mass is 79.9. The van der Waals surface area contributed by atoms with Crippen molar-refractivity contribution in [2.75, 3.05) is 18.5 Å². The summed E-state index contributed by atoms with van der Waals surface area (Å²) < 4.78 is 0.598. The van der Waals surface area contributed by atoms with Gasteiger partial charge < -0.3 is 10.4 Å². The van der Waals surface area contributed by atoms with Crippen LogP contribution < -0.4 is 5.32 Å². The Bertz CT molecular complexity index is 471. The van der Waals surface area contributed by atoms with Crippen LogP contribution in [0.15, 0.2) is 16.6 Å². The number of anilines is 1. The molecule has 0 unspecified atom stereocenters. The molecule has 0 aliphatic rings. The highest BCUT2D eigenvalue weighted by molar-refractivity contribution is 9.10. The van der Waals surface area contributed by atoms with Crippen LogP contribution >= 0.6 is 15.9 Å². The minimum absolute atomic E-state index is 0.00444. The predicted octanol–water partition coefficient (Wildman–Crippen LogP) is 2.70. The molecule has 0 spiro atoms. The molecular weight excluding hydrogens is 290 g/mol. The van der Waals surface area contributed by atoms with Gasteiger partial charge in [0.2, 0.25) is 0 Å². The molecule has 6 nitrogen and oxygen atoms in total. The molecule has 90 valence electrons. The zero-order valence-corrected chi connectivity index (χ0v) is 10.4. The summed E-state index contributed by atoms with van der Waals surface area (Å²) in [6.07, 6.45) is 0.483. The van der Waals surface area contributed by atoms with Crippen molar-refractivity contribution in [2.24, 2.45) is 0 Å². The fraction of sp³-hybridized carbons (Fsp3) is 0.300. The fourth-order valence-corrected chi connectivity index (χ4v) is 1.74. The first-order chi connectivity index (χ1) is 8.10. The van der Waals surface area contributed by atoms with Crippen LogP contribution in [-0.2, 0) is 0 Å². The first-order valence-corrected chi connectivity index (χ1v) is 5.59. The standard InChI is InChI=1S/C10H10BrN3O3/c1-12-8-5-7(11)6-9(10(8)14(16)17)13-3-2-4-15/h5-6,13,15H,2-4H2. The van der Waals surface area contributed by atoms with Gasteiger partial charge in [-0.1, -0.05) is 15.9 Å². The smallest absolute Gasteiger partial charge is 0.301 e. The maximum absolute atomic E-state index is 10.9. The van der Waals surface area contributed by atoms with Gasteiger partial charge in [-0.3, -0.25) is 10.1 Å². The minimum Gasteiger partial charge on any atom is -0.396 e. The number of nitro benzene ring substituents is 1. The maximum Gasteiger partial charge on any atom is 0.301 e. The second kappa shape index (κ2) is 6.18. The zero-order chi connectivity index (χ0) is 12.8. The molecule has 0 saturated carbocycles. The molecule has 0 fully saturated rings. The predicted molar refractivity (Wildman–Crippen MR) is 67.3 cm³/mol. The maximum atomic E-state index is 10.9. The zero-order valence-electron chi connectivity index (χ0n) is 8.81. The number of rotatable bonds is 5. The van der Waals surface area contributed by atoms with Gasteiger partial charge >= 0.3 is 5.69 Å². The van der Waals surface area contributed by atoms with Gasteiger partial charge in [0.25, 0.3) is 5.69 Å². The molecule has 7 heteroatoms. The van der Waals surface area contributed by atoms with Crippen LogP contribution in [0, 0.1) is 16.7 Å². The molecule has 0 radical (unpaired) electrons. The van der Waals surface area contributed by atoms with Gasteiger partial charge in [-0.15, -0.1) is 0 Å². The Kier molecular flexibility index (Phi) is 4.87. The van der Waals surface area contributed by atoms with Crippen molar-refractivity contribution >= 4 is 33.0 Å². The van der Waals surface area contributed by atoms with Crippen LogP contribution in [0.5, 0.6) is 0 Å². The lowest BCUT2D eigenvalue weighted by Crippen LogP contribution is -2.05. The lowest BCUT2D eigenvalue weighted by Gasteiger charge is -2.08. The third-order valence-corrected chi connectivity index (χ3v) is 2.47. The molecule has 0 bridgehead atoms. The number of hydrogen-bond donors (Lipinski definition) is 2. The average Bonchev–Trinajstić information content (AvgIpc) is 2.28. The lowest BCUT2D eigenvalue weighted by atomic mass is 10.2. The van der Waals surface area contributed by atoms with Crippen LogP contribution in [0.25, 0.3) is 4.85 Å². The Labute approximate surface area is 106 Å². The van der Waals surface area contributed by atoms with Crippen molar-refractivity contribution in [3.8, 4) is 0 Å². The highest BCUT2D eigenvalue weighted by Gasteiger charge is 2.20. The number of aliphatic hydroxyl groups is 1. The number of hydrogen-bond acceptors (Lipinski definition) is 4. The molecule has 1 aromatic rings. The van der Waals surface area contributed by atoms with Crippen molar-refractivity contribution in [3.63, 3.8) is 0 Å².